The Bertz CT molecular complexity index is 2730. The summed E-state index contributed by atoms with van der Waals surface area (Å²) in [6.45, 7) is 11.4. The molecule has 5 aromatic rings. The molecule has 0 aliphatic heterocycles. The molecule has 0 fully saturated rings. The van der Waals surface area contributed by atoms with E-state index in [1.807, 2.05) is 36.4 Å². The van der Waals surface area contributed by atoms with Gasteiger partial charge in [-0.25, -0.2) is 8.78 Å². The summed E-state index contributed by atoms with van der Waals surface area (Å²) >= 11 is 29.1. The second kappa shape index (κ2) is 37.6. The number of esters is 1. The van der Waals surface area contributed by atoms with Gasteiger partial charge in [0.2, 0.25) is 0 Å². The Kier molecular flexibility index (Phi) is 32.9. The summed E-state index contributed by atoms with van der Waals surface area (Å²) in [7, 11) is 1.29. The summed E-state index contributed by atoms with van der Waals surface area (Å²) in [5.74, 6) is -1.35. The van der Waals surface area contributed by atoms with E-state index in [9.17, 15) is 18.4 Å². The Balaban J connectivity index is 0.000000464. The molecule has 5 rings (SSSR count). The number of methoxy groups -OCH3 is 1. The predicted octanol–water partition coefficient (Wildman–Crippen LogP) is 11.4. The second-order valence-electron chi connectivity index (χ2n) is 14.9. The van der Waals surface area contributed by atoms with E-state index in [4.69, 9.17) is 85.7 Å². The topological polar surface area (TPSA) is 255 Å². The van der Waals surface area contributed by atoms with Gasteiger partial charge in [-0.15, -0.1) is 0 Å². The van der Waals surface area contributed by atoms with Gasteiger partial charge in [0.25, 0.3) is 0 Å². The van der Waals surface area contributed by atoms with Crippen molar-refractivity contribution < 1.29 is 23.1 Å². The first-order valence-electron chi connectivity index (χ1n) is 21.5. The maximum atomic E-state index is 13.1. The Morgan fingerprint density at radius 3 is 1.46 bits per heavy atom. The van der Waals surface area contributed by atoms with Crippen LogP contribution in [0.2, 0.25) is 25.1 Å². The third kappa shape index (κ3) is 30.0. The van der Waals surface area contributed by atoms with Gasteiger partial charge in [-0.1, -0.05) is 114 Å². The van der Waals surface area contributed by atoms with Gasteiger partial charge in [0.1, 0.15) is 11.6 Å². The summed E-state index contributed by atoms with van der Waals surface area (Å²) in [4.78, 5) is 48.9. The van der Waals surface area contributed by atoms with Crippen molar-refractivity contribution in [2.24, 2.45) is 36.4 Å². The molecular weight excluding hydrogens is 1060 g/mol. The Morgan fingerprint density at radius 1 is 0.568 bits per heavy atom. The molecule has 0 bridgehead atoms. The molecule has 2 aromatic heterocycles. The molecule has 3 aromatic carbocycles. The van der Waals surface area contributed by atoms with Gasteiger partial charge in [-0.05, 0) is 44.2 Å². The third-order valence-electron chi connectivity index (χ3n) is 8.17. The van der Waals surface area contributed by atoms with Gasteiger partial charge in [-0.3, -0.25) is 44.5 Å². The smallest absolute Gasteiger partial charge is 0.311 e. The Hall–Kier alpha value is -7.15. The number of ketones is 1. The summed E-state index contributed by atoms with van der Waals surface area (Å²) in [6.07, 6.45) is 13.3. The molecule has 15 nitrogen and oxygen atoms in total. The number of hydrogen-bond acceptors (Lipinski definition) is 15. The molecule has 2 heterocycles. The first-order chi connectivity index (χ1) is 35.1. The van der Waals surface area contributed by atoms with Crippen molar-refractivity contribution in [3.63, 3.8) is 0 Å². The lowest BCUT2D eigenvalue weighted by Gasteiger charge is -1.99. The molecule has 74 heavy (non-hydrogen) atoms. The van der Waals surface area contributed by atoms with Crippen LogP contribution in [0.1, 0.15) is 54.5 Å². The van der Waals surface area contributed by atoms with Crippen LogP contribution in [0.3, 0.4) is 0 Å². The molecule has 0 amide bonds. The van der Waals surface area contributed by atoms with E-state index in [2.05, 4.69) is 52.8 Å². The molecule has 390 valence electrons. The molecule has 0 aliphatic carbocycles. The molecule has 0 radical (unpaired) electrons. The third-order valence-corrected chi connectivity index (χ3v) is 9.80. The van der Waals surface area contributed by atoms with Crippen LogP contribution in [0.5, 0.6) is 0 Å². The van der Waals surface area contributed by atoms with Gasteiger partial charge >= 0.3 is 5.97 Å². The predicted molar refractivity (Wildman–Crippen MR) is 303 cm³/mol. The maximum Gasteiger partial charge on any atom is 0.311 e. The minimum atomic E-state index is -0.510. The molecule has 0 saturated carbocycles. The highest BCUT2D eigenvalue weighted by Gasteiger charge is 2.06. The number of hydrogen-bond donors (Lipinski definition) is 5. The van der Waals surface area contributed by atoms with Crippen LogP contribution in [0.15, 0.2) is 147 Å². The lowest BCUT2D eigenvalue weighted by Crippen LogP contribution is -2.11. The van der Waals surface area contributed by atoms with Crippen LogP contribution in [0.4, 0.5) is 8.78 Å². The van der Waals surface area contributed by atoms with E-state index in [1.165, 1.54) is 44.8 Å². The van der Waals surface area contributed by atoms with E-state index >= 15 is 0 Å². The summed E-state index contributed by atoms with van der Waals surface area (Å²) in [6, 6.07) is 20.9. The monoisotopic (exact) mass is 1110 g/mol. The number of nitrogens with one attached hydrogen (secondary N) is 3. The lowest BCUT2D eigenvalue weighted by atomic mass is 10.2. The molecule has 0 aliphatic rings. The first kappa shape index (κ1) is 64.9. The van der Waals surface area contributed by atoms with Gasteiger partial charge < -0.3 is 32.4 Å². The Labute approximate surface area is 454 Å². The Morgan fingerprint density at radius 2 is 1.01 bits per heavy atom. The van der Waals surface area contributed by atoms with E-state index in [-0.39, 0.29) is 66.7 Å². The highest BCUT2D eigenvalue weighted by Crippen LogP contribution is 2.18. The van der Waals surface area contributed by atoms with Crippen LogP contribution in [0.25, 0.3) is 0 Å². The van der Waals surface area contributed by atoms with Crippen molar-refractivity contribution in [2.75, 3.05) is 39.8 Å². The van der Waals surface area contributed by atoms with E-state index in [0.717, 1.165) is 22.9 Å². The molecular formula is C52H55Cl5F2N12O3. The number of nitrogens with two attached hydrogens (primary N) is 2. The molecule has 0 saturated heterocycles. The average Bonchev–Trinajstić information content (AvgIpc) is 3.33. The number of halogens is 7. The normalized spacial score (nSPS) is 10.6. The van der Waals surface area contributed by atoms with Crippen molar-refractivity contribution in [2.45, 2.75) is 26.7 Å². The largest absolute Gasteiger partial charge is 0.469 e. The van der Waals surface area contributed by atoms with E-state index < -0.39 is 17.6 Å². The minimum absolute atomic E-state index is 0.0158. The standard InChI is InChI=1S/C12H13ClN2O2.C12H13ClN2O.C10H10ClFN2.C9H9ClFN3.C9H10ClN3/c1-17-12(16)6-10(14)8-15-7-9-4-2-3-5-11(9)13;1-9(16)6-11(14)8-15-7-10-4-2-3-5-12(10)13;1-7(13)5-14-6-8-9(11)3-2-4-10(8)12;1-6(12)2-13-3-7-8(10)4-14-5-9(7)11;1-7(11)4-13-5-8-2-3-12-6-9(8)10/h2-5,7,14H,6,8H2,1H3;2-5,7,14H,6,8H2,1H3;2-4,6H,1,5,13H2;3-5H,1-2,12H2;2-3,5-6,11H,4H2,1H3. The lowest BCUT2D eigenvalue weighted by molar-refractivity contribution is -0.139. The number of Topliss-reactive ketones (excluding diaryl/α,β-unsaturated/α-hetero) is 1. The van der Waals surface area contributed by atoms with Crippen molar-refractivity contribution in [3.8, 4) is 0 Å². The highest BCUT2D eigenvalue weighted by molar-refractivity contribution is 6.34. The van der Waals surface area contributed by atoms with Crippen molar-refractivity contribution in [1.29, 1.82) is 16.2 Å². The fourth-order valence-corrected chi connectivity index (χ4v) is 5.73. The summed E-state index contributed by atoms with van der Waals surface area (Å²) in [5.41, 5.74) is 15.4. The average molecular weight is 1110 g/mol. The number of pyridine rings is 2. The number of carbonyl (C=O) groups excluding carboxylic acids is 2. The number of aliphatic imine (C=N–C) groups is 5. The number of carbonyl (C=O) groups is 2. The number of nitrogens with zero attached hydrogens (tertiary/aromatic N) is 7. The number of rotatable bonds is 19. The van der Waals surface area contributed by atoms with E-state index in [0.29, 0.717) is 49.5 Å². The second-order valence-corrected chi connectivity index (χ2v) is 16.9. The zero-order chi connectivity index (χ0) is 55.4. The zero-order valence-electron chi connectivity index (χ0n) is 40.6. The number of ether oxygens (including phenoxy) is 1. The van der Waals surface area contributed by atoms with Crippen molar-refractivity contribution in [3.05, 3.63) is 187 Å². The van der Waals surface area contributed by atoms with Gasteiger partial charge in [0.15, 0.2) is 5.82 Å². The molecule has 22 heteroatoms. The van der Waals surface area contributed by atoms with Crippen molar-refractivity contribution in [1.82, 2.24) is 9.97 Å². The summed E-state index contributed by atoms with van der Waals surface area (Å²) < 4.78 is 30.7. The molecule has 0 atom stereocenters. The van der Waals surface area contributed by atoms with Crippen LogP contribution >= 0.6 is 58.0 Å². The number of benzene rings is 3. The van der Waals surface area contributed by atoms with Crippen LogP contribution < -0.4 is 11.5 Å². The quantitative estimate of drug-likeness (QED) is 0.0394. The molecule has 0 unspecified atom stereocenters. The van der Waals surface area contributed by atoms with Gasteiger partial charge in [-0.2, -0.15) is 0 Å². The first-order valence-corrected chi connectivity index (χ1v) is 23.4. The van der Waals surface area contributed by atoms with Crippen LogP contribution in [0, 0.1) is 27.9 Å². The fraction of sp³-hybridized carbons (Fsp3) is 0.192. The molecule has 7 N–H and O–H groups in total. The number of aromatic nitrogens is 2. The SMILES string of the molecule is C=C(N)CN=Cc1c(F)cccc1Cl.C=C(N)CN=Cc1c(F)cncc1Cl.CC(=N)CN=Cc1ccncc1Cl.CC(=O)CC(=N)CN=Cc1ccccc1Cl.COC(=O)CC(=N)CN=Cc1ccccc1Cl. The maximum absolute atomic E-state index is 13.1. The van der Waals surface area contributed by atoms with Gasteiger partial charge in [0.05, 0.1) is 67.5 Å². The van der Waals surface area contributed by atoms with Crippen LogP contribution in [-0.4, -0.2) is 110 Å². The van der Waals surface area contributed by atoms with Crippen molar-refractivity contribution >= 4 is 118 Å². The van der Waals surface area contributed by atoms with E-state index in [1.54, 1.807) is 62.2 Å². The fourth-order valence-electron chi connectivity index (χ4n) is 4.79. The minimum Gasteiger partial charge on any atom is -0.469 e. The highest BCUT2D eigenvalue weighted by atomic mass is 35.5. The van der Waals surface area contributed by atoms with Crippen LogP contribution in [-0.2, 0) is 14.3 Å². The summed E-state index contributed by atoms with van der Waals surface area (Å²) in [5, 5.41) is 24.5. The molecule has 0 spiro atoms. The van der Waals surface area contributed by atoms with Gasteiger partial charge in [0, 0.05) is 122 Å². The zero-order valence-corrected chi connectivity index (χ0v) is 44.4.